The molecule has 1 heterocycles. The summed E-state index contributed by atoms with van der Waals surface area (Å²) < 4.78 is 13.3. The lowest BCUT2D eigenvalue weighted by Gasteiger charge is -2.14. The third kappa shape index (κ3) is 3.64. The third-order valence-electron chi connectivity index (χ3n) is 3.20. The Kier molecular flexibility index (Phi) is 4.55. The summed E-state index contributed by atoms with van der Waals surface area (Å²) in [7, 11) is 1.87. The average molecular weight is 292 g/mol. The van der Waals surface area contributed by atoms with Crippen LogP contribution >= 0.6 is 11.3 Å². The van der Waals surface area contributed by atoms with Crippen LogP contribution in [0.25, 0.3) is 0 Å². The fraction of sp³-hybridized carbons (Fsp3) is 0.438. The molecule has 0 spiro atoms. The number of nitrogens with one attached hydrogen (secondary N) is 1. The summed E-state index contributed by atoms with van der Waals surface area (Å²) >= 11 is 1.68. The van der Waals surface area contributed by atoms with Crippen LogP contribution < -0.4 is 5.32 Å². The van der Waals surface area contributed by atoms with Crippen molar-refractivity contribution in [1.82, 2.24) is 10.3 Å². The number of halogens is 1. The van der Waals surface area contributed by atoms with Gasteiger partial charge in [-0.1, -0.05) is 26.8 Å². The molecule has 0 amide bonds. The number of thiazole rings is 1. The fourth-order valence-corrected chi connectivity index (χ4v) is 3.07. The molecule has 0 atom stereocenters. The first-order chi connectivity index (χ1) is 9.40. The zero-order chi connectivity index (χ0) is 14.8. The molecular formula is C16H21FN2S. The maximum atomic E-state index is 13.3. The summed E-state index contributed by atoms with van der Waals surface area (Å²) in [5.41, 5.74) is 3.33. The number of hydrogen-bond donors (Lipinski definition) is 1. The highest BCUT2D eigenvalue weighted by molar-refractivity contribution is 7.09. The quantitative estimate of drug-likeness (QED) is 0.924. The van der Waals surface area contributed by atoms with E-state index in [1.807, 2.05) is 13.1 Å². The van der Waals surface area contributed by atoms with Gasteiger partial charge in [-0.25, -0.2) is 9.37 Å². The maximum Gasteiger partial charge on any atom is 0.123 e. The van der Waals surface area contributed by atoms with Gasteiger partial charge in [0.1, 0.15) is 5.82 Å². The van der Waals surface area contributed by atoms with Gasteiger partial charge in [-0.3, -0.25) is 0 Å². The summed E-state index contributed by atoms with van der Waals surface area (Å²) in [6, 6.07) is 4.98. The summed E-state index contributed by atoms with van der Waals surface area (Å²) in [4.78, 5) is 4.70. The Morgan fingerprint density at radius 1 is 1.25 bits per heavy atom. The van der Waals surface area contributed by atoms with Crippen molar-refractivity contribution in [2.75, 3.05) is 7.05 Å². The molecule has 4 heteroatoms. The summed E-state index contributed by atoms with van der Waals surface area (Å²) in [5, 5.41) is 6.29. The first-order valence-electron chi connectivity index (χ1n) is 6.77. The Balaban J connectivity index is 2.23. The molecule has 2 rings (SSSR count). The molecule has 0 aliphatic carbocycles. The molecule has 1 aromatic heterocycles. The molecule has 0 saturated heterocycles. The summed E-state index contributed by atoms with van der Waals surface area (Å²) in [5.74, 6) is -0.187. The van der Waals surface area contributed by atoms with Crippen molar-refractivity contribution in [2.24, 2.45) is 0 Å². The second-order valence-electron chi connectivity index (χ2n) is 6.00. The van der Waals surface area contributed by atoms with E-state index >= 15 is 0 Å². The molecule has 0 aliphatic heterocycles. The van der Waals surface area contributed by atoms with E-state index in [1.54, 1.807) is 17.4 Å². The van der Waals surface area contributed by atoms with Crippen LogP contribution in [-0.4, -0.2) is 12.0 Å². The van der Waals surface area contributed by atoms with Crippen molar-refractivity contribution in [3.8, 4) is 0 Å². The van der Waals surface area contributed by atoms with Crippen LogP contribution in [0.3, 0.4) is 0 Å². The Bertz CT molecular complexity index is 584. The van der Waals surface area contributed by atoms with Gasteiger partial charge >= 0.3 is 0 Å². The van der Waals surface area contributed by atoms with Crippen LogP contribution in [0.15, 0.2) is 23.6 Å². The van der Waals surface area contributed by atoms with Gasteiger partial charge in [0.05, 0.1) is 10.7 Å². The van der Waals surface area contributed by atoms with Crippen LogP contribution in [-0.2, 0) is 18.4 Å². The molecular weight excluding hydrogens is 271 g/mol. The predicted molar refractivity (Wildman–Crippen MR) is 82.8 cm³/mol. The van der Waals surface area contributed by atoms with E-state index in [2.05, 4.69) is 31.5 Å². The topological polar surface area (TPSA) is 24.9 Å². The van der Waals surface area contributed by atoms with E-state index in [-0.39, 0.29) is 11.2 Å². The van der Waals surface area contributed by atoms with Gasteiger partial charge in [0, 0.05) is 23.8 Å². The SMILES string of the molecule is CNCc1cc(F)ccc1Cc1nc(C(C)(C)C)cs1. The zero-order valence-electron chi connectivity index (χ0n) is 12.5. The largest absolute Gasteiger partial charge is 0.316 e. The Labute approximate surface area is 124 Å². The Morgan fingerprint density at radius 3 is 2.60 bits per heavy atom. The minimum Gasteiger partial charge on any atom is -0.316 e. The normalized spacial score (nSPS) is 11.8. The molecule has 0 saturated carbocycles. The highest BCUT2D eigenvalue weighted by Crippen LogP contribution is 2.26. The summed E-state index contributed by atoms with van der Waals surface area (Å²) in [6.45, 7) is 7.16. The number of aromatic nitrogens is 1. The van der Waals surface area contributed by atoms with E-state index < -0.39 is 0 Å². The van der Waals surface area contributed by atoms with E-state index in [9.17, 15) is 4.39 Å². The molecule has 1 N–H and O–H groups in total. The van der Waals surface area contributed by atoms with Crippen molar-refractivity contribution in [3.63, 3.8) is 0 Å². The zero-order valence-corrected chi connectivity index (χ0v) is 13.3. The number of nitrogens with zero attached hydrogens (tertiary/aromatic N) is 1. The first-order valence-corrected chi connectivity index (χ1v) is 7.65. The second-order valence-corrected chi connectivity index (χ2v) is 6.94. The minimum atomic E-state index is -0.187. The molecule has 0 aliphatic rings. The third-order valence-corrected chi connectivity index (χ3v) is 4.05. The fourth-order valence-electron chi connectivity index (χ4n) is 2.02. The molecule has 2 nitrogen and oxygen atoms in total. The van der Waals surface area contributed by atoms with Gasteiger partial charge in [-0.05, 0) is 30.3 Å². The lowest BCUT2D eigenvalue weighted by atomic mass is 9.93. The molecule has 0 unspecified atom stereocenters. The average Bonchev–Trinajstić information content (AvgIpc) is 2.81. The van der Waals surface area contributed by atoms with Crippen LogP contribution in [0.2, 0.25) is 0 Å². The summed E-state index contributed by atoms with van der Waals surface area (Å²) in [6.07, 6.45) is 0.762. The van der Waals surface area contributed by atoms with E-state index in [0.29, 0.717) is 6.54 Å². The van der Waals surface area contributed by atoms with Gasteiger partial charge in [0.25, 0.3) is 0 Å². The predicted octanol–water partition coefficient (Wildman–Crippen LogP) is 3.89. The van der Waals surface area contributed by atoms with Crippen LogP contribution in [0.1, 0.15) is 42.6 Å². The molecule has 2 aromatic rings. The van der Waals surface area contributed by atoms with Crippen LogP contribution in [0.4, 0.5) is 4.39 Å². The standard InChI is InChI=1S/C16H21FN2S/c1-16(2,3)14-10-20-15(19-14)8-11-5-6-13(17)7-12(11)9-18-4/h5-7,10,18H,8-9H2,1-4H3. The highest BCUT2D eigenvalue weighted by Gasteiger charge is 2.17. The second kappa shape index (κ2) is 6.02. The molecule has 108 valence electrons. The van der Waals surface area contributed by atoms with Gasteiger partial charge in [-0.2, -0.15) is 0 Å². The van der Waals surface area contributed by atoms with Gasteiger partial charge < -0.3 is 5.32 Å². The van der Waals surface area contributed by atoms with Crippen molar-refractivity contribution in [3.05, 3.63) is 51.2 Å². The Morgan fingerprint density at radius 2 is 2.00 bits per heavy atom. The van der Waals surface area contributed by atoms with Crippen LogP contribution in [0.5, 0.6) is 0 Å². The molecule has 1 aromatic carbocycles. The Hall–Kier alpha value is -1.26. The molecule has 0 bridgehead atoms. The van der Waals surface area contributed by atoms with E-state index in [1.165, 1.54) is 6.07 Å². The number of rotatable bonds is 4. The number of hydrogen-bond acceptors (Lipinski definition) is 3. The van der Waals surface area contributed by atoms with Crippen LogP contribution in [0, 0.1) is 5.82 Å². The minimum absolute atomic E-state index is 0.0748. The monoisotopic (exact) mass is 292 g/mol. The lowest BCUT2D eigenvalue weighted by Crippen LogP contribution is -2.12. The van der Waals surface area contributed by atoms with Crippen molar-refractivity contribution >= 4 is 11.3 Å². The van der Waals surface area contributed by atoms with Crippen molar-refractivity contribution in [1.29, 1.82) is 0 Å². The van der Waals surface area contributed by atoms with Crippen molar-refractivity contribution in [2.45, 2.75) is 39.2 Å². The molecule has 0 fully saturated rings. The maximum absolute atomic E-state index is 13.3. The lowest BCUT2D eigenvalue weighted by molar-refractivity contribution is 0.571. The van der Waals surface area contributed by atoms with Gasteiger partial charge in [-0.15, -0.1) is 11.3 Å². The van der Waals surface area contributed by atoms with Crippen molar-refractivity contribution < 1.29 is 4.39 Å². The smallest absolute Gasteiger partial charge is 0.123 e. The van der Waals surface area contributed by atoms with E-state index in [4.69, 9.17) is 4.98 Å². The van der Waals surface area contributed by atoms with Gasteiger partial charge in [0.15, 0.2) is 0 Å². The molecule has 0 radical (unpaired) electrons. The number of benzene rings is 1. The van der Waals surface area contributed by atoms with Gasteiger partial charge in [0.2, 0.25) is 0 Å². The molecule has 20 heavy (non-hydrogen) atoms. The first kappa shape index (κ1) is 15.1. The van der Waals surface area contributed by atoms with E-state index in [0.717, 1.165) is 28.2 Å². The highest BCUT2D eigenvalue weighted by atomic mass is 32.1.